The molecule has 1 heterocycles. The van der Waals surface area contributed by atoms with Crippen LogP contribution in [0.1, 0.15) is 0 Å². The van der Waals surface area contributed by atoms with Gasteiger partial charge >= 0.3 is 0 Å². The topological polar surface area (TPSA) is 16.4 Å². The van der Waals surface area contributed by atoms with Crippen LogP contribution in [0.4, 0.5) is 17.1 Å². The fourth-order valence-corrected chi connectivity index (χ4v) is 11.2. The second-order valence-corrected chi connectivity index (χ2v) is 19.6. The molecule has 1 aromatic heterocycles. The van der Waals surface area contributed by atoms with Crippen molar-refractivity contribution < 1.29 is 4.42 Å². The molecule has 2 heteroatoms. The molecule has 2 nitrogen and oxygen atoms in total. The summed E-state index contributed by atoms with van der Waals surface area (Å²) >= 11 is 0. The SMILES string of the molecule is c1ccc(-c2c(-c3cccc(-c4ccc(-c5ccc(N(c6ccc(-c7ccc(-c8cccc9ccccc89)cc7)cc6)c6ccc(-c7ccc8c(ccc9ccccc98)c7)cc6)cc5)cc4)c3)oc3ccccc23)cc1. The average Bonchev–Trinajstić information content (AvgIpc) is 3.92. The highest BCUT2D eigenvalue weighted by Gasteiger charge is 2.19. The summed E-state index contributed by atoms with van der Waals surface area (Å²) in [6, 6.07) is 107. The number of anilines is 3. The molecule has 0 atom stereocenters. The largest absolute Gasteiger partial charge is 0.455 e. The van der Waals surface area contributed by atoms with Crippen molar-refractivity contribution in [2.75, 3.05) is 4.90 Å². The number of nitrogens with zero attached hydrogens (tertiary/aromatic N) is 1. The zero-order valence-electron chi connectivity index (χ0n) is 41.6. The Labute approximate surface area is 442 Å². The summed E-state index contributed by atoms with van der Waals surface area (Å²) in [6.07, 6.45) is 0. The van der Waals surface area contributed by atoms with Crippen molar-refractivity contribution in [3.8, 4) is 78.1 Å². The Morgan fingerprint density at radius 2 is 0.632 bits per heavy atom. The number of benzene rings is 13. The second-order valence-electron chi connectivity index (χ2n) is 19.6. The molecule has 0 aliphatic heterocycles. The van der Waals surface area contributed by atoms with Crippen LogP contribution in [0, 0.1) is 0 Å². The molecule has 356 valence electrons. The van der Waals surface area contributed by atoms with Crippen molar-refractivity contribution in [3.05, 3.63) is 297 Å². The number of hydrogen-bond donors (Lipinski definition) is 0. The lowest BCUT2D eigenvalue weighted by molar-refractivity contribution is 0.632. The minimum Gasteiger partial charge on any atom is -0.455 e. The van der Waals surface area contributed by atoms with Crippen LogP contribution in [0.5, 0.6) is 0 Å². The van der Waals surface area contributed by atoms with Gasteiger partial charge in [-0.25, -0.2) is 0 Å². The van der Waals surface area contributed by atoms with E-state index in [0.717, 1.165) is 72.7 Å². The molecule has 0 N–H and O–H groups in total. The van der Waals surface area contributed by atoms with Gasteiger partial charge in [0.2, 0.25) is 0 Å². The van der Waals surface area contributed by atoms with Crippen molar-refractivity contribution in [1.82, 2.24) is 0 Å². The lowest BCUT2D eigenvalue weighted by Gasteiger charge is -2.26. The standard InChI is InChI=1S/C74H49NO/c1-2-14-59(15-3-1)73-71-21-8-9-23-72(71)76-74(73)63-18-10-17-60(49-63)54-26-24-50(25-27-54)52-34-41-64(42-35-52)75(66-45-38-55(39-46-66)61-40-47-70-62(48-61)33-32-57-13-5-7-20-68(57)70)65-43-36-53(37-44-65)51-28-30-58(31-29-51)69-22-11-16-56-12-4-6-19-67(56)69/h1-49H. The van der Waals surface area contributed by atoms with E-state index < -0.39 is 0 Å². The van der Waals surface area contributed by atoms with Gasteiger partial charge in [-0.3, -0.25) is 0 Å². The third-order valence-electron chi connectivity index (χ3n) is 15.1. The maximum atomic E-state index is 6.58. The molecule has 76 heavy (non-hydrogen) atoms. The van der Waals surface area contributed by atoms with E-state index in [-0.39, 0.29) is 0 Å². The molecule has 0 aliphatic rings. The molecule has 13 aromatic carbocycles. The van der Waals surface area contributed by atoms with E-state index in [2.05, 4.69) is 296 Å². The first kappa shape index (κ1) is 44.7. The van der Waals surface area contributed by atoms with E-state index in [0.29, 0.717) is 0 Å². The fourth-order valence-electron chi connectivity index (χ4n) is 11.2. The Hall–Kier alpha value is -10.0. The number of rotatable bonds is 10. The van der Waals surface area contributed by atoms with Crippen LogP contribution < -0.4 is 4.90 Å². The van der Waals surface area contributed by atoms with Gasteiger partial charge in [-0.15, -0.1) is 0 Å². The maximum Gasteiger partial charge on any atom is 0.143 e. The molecular formula is C74H49NO. The zero-order chi connectivity index (χ0) is 50.4. The van der Waals surface area contributed by atoms with Gasteiger partial charge in [0.1, 0.15) is 11.3 Å². The van der Waals surface area contributed by atoms with Crippen LogP contribution in [-0.2, 0) is 0 Å². The van der Waals surface area contributed by atoms with E-state index >= 15 is 0 Å². The molecule has 0 amide bonds. The zero-order valence-corrected chi connectivity index (χ0v) is 41.6. The molecule has 14 aromatic rings. The van der Waals surface area contributed by atoms with Crippen molar-refractivity contribution in [3.63, 3.8) is 0 Å². The molecule has 0 bridgehead atoms. The summed E-state index contributed by atoms with van der Waals surface area (Å²) in [5.41, 5.74) is 19.2. The first-order valence-corrected chi connectivity index (χ1v) is 26.0. The highest BCUT2D eigenvalue weighted by atomic mass is 16.3. The number of furan rings is 1. The smallest absolute Gasteiger partial charge is 0.143 e. The van der Waals surface area contributed by atoms with E-state index in [1.54, 1.807) is 0 Å². The highest BCUT2D eigenvalue weighted by Crippen LogP contribution is 2.43. The first-order chi connectivity index (χ1) is 37.6. The number of fused-ring (bicyclic) bond motifs is 5. The Kier molecular flexibility index (Phi) is 11.2. The quantitative estimate of drug-likeness (QED) is 0.127. The maximum absolute atomic E-state index is 6.58. The normalized spacial score (nSPS) is 11.4. The first-order valence-electron chi connectivity index (χ1n) is 26.0. The molecule has 0 fully saturated rings. The number of para-hydroxylation sites is 1. The van der Waals surface area contributed by atoms with Crippen molar-refractivity contribution in [1.29, 1.82) is 0 Å². The van der Waals surface area contributed by atoms with Crippen LogP contribution in [0.25, 0.3) is 121 Å². The summed E-state index contributed by atoms with van der Waals surface area (Å²) in [5, 5.41) is 8.69. The van der Waals surface area contributed by atoms with Gasteiger partial charge in [-0.1, -0.05) is 243 Å². The molecule has 0 unspecified atom stereocenters. The Bertz CT molecular complexity index is 4400. The Morgan fingerprint density at radius 1 is 0.224 bits per heavy atom. The van der Waals surface area contributed by atoms with E-state index in [4.69, 9.17) is 4.42 Å². The van der Waals surface area contributed by atoms with Crippen LogP contribution >= 0.6 is 0 Å². The van der Waals surface area contributed by atoms with E-state index in [1.807, 2.05) is 6.07 Å². The van der Waals surface area contributed by atoms with Crippen molar-refractivity contribution >= 4 is 60.3 Å². The minimum absolute atomic E-state index is 0.883. The molecular weight excluding hydrogens is 919 g/mol. The van der Waals surface area contributed by atoms with Crippen LogP contribution in [0.3, 0.4) is 0 Å². The van der Waals surface area contributed by atoms with Gasteiger partial charge in [-0.05, 0) is 148 Å². The van der Waals surface area contributed by atoms with Gasteiger partial charge in [0.25, 0.3) is 0 Å². The monoisotopic (exact) mass is 967 g/mol. The Morgan fingerprint density at radius 3 is 1.26 bits per heavy atom. The predicted molar refractivity (Wildman–Crippen MR) is 321 cm³/mol. The third-order valence-corrected chi connectivity index (χ3v) is 15.1. The van der Waals surface area contributed by atoms with Crippen LogP contribution in [0.15, 0.2) is 302 Å². The van der Waals surface area contributed by atoms with E-state index in [1.165, 1.54) is 65.7 Å². The second kappa shape index (κ2) is 19.1. The Balaban J connectivity index is 0.767. The summed E-state index contributed by atoms with van der Waals surface area (Å²) < 4.78 is 6.58. The molecule has 0 radical (unpaired) electrons. The highest BCUT2D eigenvalue weighted by molar-refractivity contribution is 6.08. The molecule has 0 aliphatic carbocycles. The number of hydrogen-bond acceptors (Lipinski definition) is 2. The van der Waals surface area contributed by atoms with Gasteiger partial charge in [0.15, 0.2) is 0 Å². The average molecular weight is 968 g/mol. The summed E-state index contributed by atoms with van der Waals surface area (Å²) in [4.78, 5) is 2.36. The summed E-state index contributed by atoms with van der Waals surface area (Å²) in [6.45, 7) is 0. The molecule has 0 saturated carbocycles. The fraction of sp³-hybridized carbons (Fsp3) is 0. The predicted octanol–water partition coefficient (Wildman–Crippen LogP) is 21.0. The third kappa shape index (κ3) is 8.29. The summed E-state index contributed by atoms with van der Waals surface area (Å²) in [7, 11) is 0. The van der Waals surface area contributed by atoms with Crippen LogP contribution in [-0.4, -0.2) is 0 Å². The van der Waals surface area contributed by atoms with Crippen molar-refractivity contribution in [2.45, 2.75) is 0 Å². The van der Waals surface area contributed by atoms with Gasteiger partial charge in [0.05, 0.1) is 0 Å². The molecule has 0 saturated heterocycles. The van der Waals surface area contributed by atoms with Gasteiger partial charge < -0.3 is 9.32 Å². The van der Waals surface area contributed by atoms with Crippen molar-refractivity contribution in [2.24, 2.45) is 0 Å². The van der Waals surface area contributed by atoms with Crippen LogP contribution in [0.2, 0.25) is 0 Å². The molecule has 0 spiro atoms. The van der Waals surface area contributed by atoms with Gasteiger partial charge in [-0.2, -0.15) is 0 Å². The minimum atomic E-state index is 0.883. The lowest BCUT2D eigenvalue weighted by atomic mass is 9.95. The molecule has 14 rings (SSSR count). The summed E-state index contributed by atoms with van der Waals surface area (Å²) in [5.74, 6) is 0.883. The van der Waals surface area contributed by atoms with E-state index in [9.17, 15) is 0 Å². The lowest BCUT2D eigenvalue weighted by Crippen LogP contribution is -2.09. The van der Waals surface area contributed by atoms with Gasteiger partial charge in [0, 0.05) is 33.6 Å².